The predicted molar refractivity (Wildman–Crippen MR) is 213 cm³/mol. The Morgan fingerprint density at radius 3 is 1.35 bits per heavy atom. The highest BCUT2D eigenvalue weighted by atomic mass is 16.6. The minimum absolute atomic E-state index is 0.0146. The molecule has 4 atom stereocenters. The van der Waals surface area contributed by atoms with Crippen molar-refractivity contribution < 1.29 is 85.7 Å². The summed E-state index contributed by atoms with van der Waals surface area (Å²) < 4.78 is 57.4. The summed E-state index contributed by atoms with van der Waals surface area (Å²) in [5, 5.41) is 0. The number of hydrogen-bond acceptors (Lipinski definition) is 18. The molecule has 328 valence electrons. The number of benzene rings is 4. The molecule has 0 radical (unpaired) electrons. The van der Waals surface area contributed by atoms with E-state index in [2.05, 4.69) is 0 Å². The van der Waals surface area contributed by atoms with E-state index in [1.807, 2.05) is 0 Å². The third-order valence-corrected chi connectivity index (χ3v) is 9.16. The van der Waals surface area contributed by atoms with Gasteiger partial charge in [-0.3, -0.25) is 38.4 Å². The summed E-state index contributed by atoms with van der Waals surface area (Å²) in [6.07, 6.45) is -3.50. The van der Waals surface area contributed by atoms with Crippen molar-refractivity contribution in [1.29, 1.82) is 0 Å². The Morgan fingerprint density at radius 1 is 0.444 bits per heavy atom. The second-order valence-electron chi connectivity index (χ2n) is 14.3. The standard InChI is InChI=1S/C45H40O18/c1-20(46)54-31-13-30(14-32(17-31)55-21(2)47)41-42-39(62-44(41)29-10-12-35(57-23(4)49)38(16-29)60-26(7)52)19-36(58-24(5)50)33-18-40(61-27(8)53)43(63-45(33)42)28-9-11-34(56-22(3)48)37(15-28)59-25(6)51/h9-17,19,40-41,43-44H,18H2,1-8H3/t40-,41+,43+,44-/m0/s1. The van der Waals surface area contributed by atoms with Gasteiger partial charge >= 0.3 is 47.8 Å². The average molecular weight is 869 g/mol. The van der Waals surface area contributed by atoms with Gasteiger partial charge < -0.3 is 47.4 Å². The third-order valence-electron chi connectivity index (χ3n) is 9.16. The Bertz CT molecular complexity index is 2540. The topological polar surface area (TPSA) is 229 Å². The molecule has 2 heterocycles. The normalized spacial score (nSPS) is 17.0. The molecule has 0 amide bonds. The molecule has 18 heteroatoms. The van der Waals surface area contributed by atoms with E-state index >= 15 is 0 Å². The molecule has 2 aliphatic heterocycles. The smallest absolute Gasteiger partial charge is 0.308 e. The molecule has 4 aromatic carbocycles. The van der Waals surface area contributed by atoms with E-state index in [9.17, 15) is 38.4 Å². The first-order valence-corrected chi connectivity index (χ1v) is 19.2. The summed E-state index contributed by atoms with van der Waals surface area (Å²) in [5.41, 5.74) is 1.55. The molecule has 0 unspecified atom stereocenters. The Morgan fingerprint density at radius 2 is 0.889 bits per heavy atom. The number of ether oxygens (including phenoxy) is 10. The Kier molecular flexibility index (Phi) is 13.1. The molecule has 0 aliphatic carbocycles. The van der Waals surface area contributed by atoms with Gasteiger partial charge in [0.15, 0.2) is 29.1 Å². The molecule has 2 aliphatic rings. The van der Waals surface area contributed by atoms with E-state index in [0.717, 1.165) is 13.8 Å². The summed E-state index contributed by atoms with van der Waals surface area (Å²) in [4.78, 5) is 98.1. The zero-order chi connectivity index (χ0) is 45.9. The van der Waals surface area contributed by atoms with Crippen LogP contribution in [0.3, 0.4) is 0 Å². The maximum absolute atomic E-state index is 12.6. The molecule has 0 N–H and O–H groups in total. The monoisotopic (exact) mass is 868 g/mol. The first kappa shape index (κ1) is 44.8. The number of carbonyl (C=O) groups excluding carboxylic acids is 8. The van der Waals surface area contributed by atoms with E-state index < -0.39 is 72.0 Å². The second-order valence-corrected chi connectivity index (χ2v) is 14.3. The molecular weight excluding hydrogens is 828 g/mol. The van der Waals surface area contributed by atoms with Crippen LogP contribution in [0, 0.1) is 0 Å². The van der Waals surface area contributed by atoms with Crippen LogP contribution in [0.15, 0.2) is 60.7 Å². The summed E-state index contributed by atoms with van der Waals surface area (Å²) in [6, 6.07) is 14.5. The summed E-state index contributed by atoms with van der Waals surface area (Å²) in [5.74, 6) is -6.91. The lowest BCUT2D eigenvalue weighted by atomic mass is 9.82. The summed E-state index contributed by atoms with van der Waals surface area (Å²) >= 11 is 0. The molecule has 18 nitrogen and oxygen atoms in total. The first-order valence-electron chi connectivity index (χ1n) is 19.2. The van der Waals surface area contributed by atoms with E-state index in [-0.39, 0.29) is 63.7 Å². The highest BCUT2D eigenvalue weighted by Gasteiger charge is 2.46. The lowest BCUT2D eigenvalue weighted by Gasteiger charge is -2.35. The molecule has 0 bridgehead atoms. The van der Waals surface area contributed by atoms with E-state index in [0.29, 0.717) is 22.3 Å². The zero-order valence-electron chi connectivity index (χ0n) is 35.1. The molecule has 63 heavy (non-hydrogen) atoms. The van der Waals surface area contributed by atoms with Crippen molar-refractivity contribution in [1.82, 2.24) is 0 Å². The van der Waals surface area contributed by atoms with Crippen LogP contribution in [0.5, 0.6) is 51.7 Å². The van der Waals surface area contributed by atoms with Crippen LogP contribution < -0.4 is 42.6 Å². The van der Waals surface area contributed by atoms with Crippen LogP contribution in [0.4, 0.5) is 0 Å². The van der Waals surface area contributed by atoms with Crippen molar-refractivity contribution in [3.63, 3.8) is 0 Å². The van der Waals surface area contributed by atoms with Gasteiger partial charge in [0, 0.05) is 90.6 Å². The first-order chi connectivity index (χ1) is 29.8. The van der Waals surface area contributed by atoms with E-state index in [1.165, 1.54) is 96.1 Å². The summed E-state index contributed by atoms with van der Waals surface area (Å²) in [6.45, 7) is 9.38. The van der Waals surface area contributed by atoms with Crippen molar-refractivity contribution in [2.75, 3.05) is 0 Å². The van der Waals surface area contributed by atoms with Crippen molar-refractivity contribution >= 4 is 47.8 Å². The van der Waals surface area contributed by atoms with Crippen LogP contribution >= 0.6 is 0 Å². The largest absolute Gasteiger partial charge is 0.484 e. The van der Waals surface area contributed by atoms with Gasteiger partial charge in [0.2, 0.25) is 0 Å². The fraction of sp³-hybridized carbons (Fsp3) is 0.289. The van der Waals surface area contributed by atoms with Gasteiger partial charge in [0.05, 0.1) is 5.92 Å². The molecule has 4 aromatic rings. The van der Waals surface area contributed by atoms with E-state index in [1.54, 1.807) is 6.07 Å². The zero-order valence-corrected chi connectivity index (χ0v) is 35.1. The van der Waals surface area contributed by atoms with Crippen LogP contribution in [0.25, 0.3) is 0 Å². The lowest BCUT2D eigenvalue weighted by molar-refractivity contribution is -0.152. The number of esters is 8. The van der Waals surface area contributed by atoms with Crippen molar-refractivity contribution in [3.05, 3.63) is 88.5 Å². The summed E-state index contributed by atoms with van der Waals surface area (Å²) in [7, 11) is 0. The van der Waals surface area contributed by atoms with Crippen LogP contribution in [-0.4, -0.2) is 53.9 Å². The molecule has 6 rings (SSSR count). The van der Waals surface area contributed by atoms with Crippen LogP contribution in [0.1, 0.15) is 101 Å². The second kappa shape index (κ2) is 18.5. The number of rotatable bonds is 11. The molecule has 0 saturated carbocycles. The van der Waals surface area contributed by atoms with Gasteiger partial charge in [-0.2, -0.15) is 0 Å². The Labute approximate surface area is 359 Å². The van der Waals surface area contributed by atoms with Gasteiger partial charge in [-0.1, -0.05) is 12.1 Å². The van der Waals surface area contributed by atoms with Gasteiger partial charge in [-0.25, -0.2) is 0 Å². The molecular formula is C45H40O18. The van der Waals surface area contributed by atoms with Gasteiger partial charge in [0.1, 0.15) is 41.0 Å². The lowest BCUT2D eigenvalue weighted by Crippen LogP contribution is -2.35. The van der Waals surface area contributed by atoms with Gasteiger partial charge in [0.25, 0.3) is 0 Å². The average Bonchev–Trinajstić information content (AvgIpc) is 3.54. The van der Waals surface area contributed by atoms with E-state index in [4.69, 9.17) is 47.4 Å². The number of fused-ring (bicyclic) bond motifs is 3. The molecule has 0 fully saturated rings. The maximum Gasteiger partial charge on any atom is 0.308 e. The highest BCUT2D eigenvalue weighted by molar-refractivity contribution is 5.77. The van der Waals surface area contributed by atoms with Gasteiger partial charge in [-0.15, -0.1) is 0 Å². The third kappa shape index (κ3) is 10.6. The fourth-order valence-corrected chi connectivity index (χ4v) is 7.28. The molecule has 0 saturated heterocycles. The van der Waals surface area contributed by atoms with Crippen molar-refractivity contribution in [3.8, 4) is 51.7 Å². The Balaban J connectivity index is 1.64. The number of carbonyl (C=O) groups is 8. The minimum Gasteiger partial charge on any atom is -0.484 e. The SMILES string of the molecule is CC(=O)Oc1cc(OC(C)=O)cc([C@@H]2c3c(cc(OC(C)=O)c4c3O[C@H](c3ccc(OC(C)=O)c(OC(C)=O)c3)[C@@H](OC(C)=O)C4)O[C@H]2c2ccc(OC(C)=O)c(OC(C)=O)c2)c1. The molecule has 0 aromatic heterocycles. The van der Waals surface area contributed by atoms with Crippen LogP contribution in [0.2, 0.25) is 0 Å². The maximum atomic E-state index is 12.6. The number of hydrogen-bond donors (Lipinski definition) is 0. The molecule has 0 spiro atoms. The fourth-order valence-electron chi connectivity index (χ4n) is 7.28. The van der Waals surface area contributed by atoms with Crippen molar-refractivity contribution in [2.24, 2.45) is 0 Å². The highest BCUT2D eigenvalue weighted by Crippen LogP contribution is 2.59. The van der Waals surface area contributed by atoms with Gasteiger partial charge in [-0.05, 0) is 47.5 Å². The van der Waals surface area contributed by atoms with Crippen LogP contribution in [-0.2, 0) is 49.5 Å². The Hall–Kier alpha value is -7.76. The van der Waals surface area contributed by atoms with Crippen molar-refractivity contribution in [2.45, 2.75) is 86.0 Å². The predicted octanol–water partition coefficient (Wildman–Crippen LogP) is 6.04. The minimum atomic E-state index is -1.18. The quantitative estimate of drug-likeness (QED) is 0.124.